The summed E-state index contributed by atoms with van der Waals surface area (Å²) in [6, 6.07) is 3.71. The van der Waals surface area contributed by atoms with E-state index in [1.165, 1.54) is 0 Å². The Balaban J connectivity index is 3.03. The number of benzene rings is 1. The van der Waals surface area contributed by atoms with Crippen LogP contribution in [0.25, 0.3) is 10.9 Å². The lowest BCUT2D eigenvalue weighted by Crippen LogP contribution is -2.15. The molecule has 1 heterocycles. The van der Waals surface area contributed by atoms with Crippen LogP contribution in [0, 0.1) is 13.8 Å². The molecular formula is C14H16ClNO. The van der Waals surface area contributed by atoms with E-state index in [1.807, 2.05) is 33.8 Å². The smallest absolute Gasteiger partial charge is 0.194 e. The number of halogens is 1. The number of hydrogen-bond donors (Lipinski definition) is 1. The second-order valence-corrected chi connectivity index (χ2v) is 5.17. The maximum Gasteiger partial charge on any atom is 0.194 e. The van der Waals surface area contributed by atoms with Crippen LogP contribution in [0.5, 0.6) is 0 Å². The molecule has 0 unspecified atom stereocenters. The van der Waals surface area contributed by atoms with Gasteiger partial charge in [0.2, 0.25) is 0 Å². The number of pyridine rings is 1. The third kappa shape index (κ3) is 1.87. The van der Waals surface area contributed by atoms with Crippen LogP contribution >= 0.6 is 11.6 Å². The molecule has 0 radical (unpaired) electrons. The molecule has 1 aromatic carbocycles. The molecule has 0 aliphatic rings. The van der Waals surface area contributed by atoms with E-state index >= 15 is 0 Å². The molecule has 0 amide bonds. The van der Waals surface area contributed by atoms with Gasteiger partial charge in [-0.25, -0.2) is 0 Å². The van der Waals surface area contributed by atoms with E-state index in [1.54, 1.807) is 6.07 Å². The van der Waals surface area contributed by atoms with Crippen LogP contribution in [0.2, 0.25) is 5.02 Å². The number of fused-ring (bicyclic) bond motifs is 1. The lowest BCUT2D eigenvalue weighted by atomic mass is 9.98. The van der Waals surface area contributed by atoms with Gasteiger partial charge in [0.1, 0.15) is 0 Å². The third-order valence-electron chi connectivity index (χ3n) is 3.13. The minimum atomic E-state index is 0.0555. The highest BCUT2D eigenvalue weighted by Gasteiger charge is 2.15. The van der Waals surface area contributed by atoms with Crippen molar-refractivity contribution in [2.45, 2.75) is 33.6 Å². The molecule has 2 rings (SSSR count). The summed E-state index contributed by atoms with van der Waals surface area (Å²) in [5.41, 5.74) is 3.71. The van der Waals surface area contributed by atoms with E-state index in [9.17, 15) is 4.79 Å². The van der Waals surface area contributed by atoms with E-state index < -0.39 is 0 Å². The average Bonchev–Trinajstić information content (AvgIpc) is 2.22. The van der Waals surface area contributed by atoms with Crippen molar-refractivity contribution >= 4 is 22.5 Å². The third-order valence-corrected chi connectivity index (χ3v) is 3.44. The zero-order chi connectivity index (χ0) is 12.7. The van der Waals surface area contributed by atoms with Crippen LogP contribution in [0.1, 0.15) is 36.6 Å². The van der Waals surface area contributed by atoms with Crippen LogP contribution in [-0.2, 0) is 0 Å². The Morgan fingerprint density at radius 2 is 1.88 bits per heavy atom. The van der Waals surface area contributed by atoms with Crippen molar-refractivity contribution < 1.29 is 0 Å². The molecule has 1 aromatic heterocycles. The minimum absolute atomic E-state index is 0.0555. The number of aromatic nitrogens is 1. The molecule has 2 nitrogen and oxygen atoms in total. The number of aromatic amines is 1. The molecule has 0 atom stereocenters. The summed E-state index contributed by atoms with van der Waals surface area (Å²) in [4.78, 5) is 15.8. The maximum atomic E-state index is 12.5. The fraction of sp³-hybridized carbons (Fsp3) is 0.357. The second kappa shape index (κ2) is 4.19. The molecule has 0 saturated heterocycles. The quantitative estimate of drug-likeness (QED) is 0.816. The number of hydrogen-bond acceptors (Lipinski definition) is 1. The average molecular weight is 250 g/mol. The van der Waals surface area contributed by atoms with Crippen LogP contribution in [-0.4, -0.2) is 4.98 Å². The second-order valence-electron chi connectivity index (χ2n) is 4.76. The summed E-state index contributed by atoms with van der Waals surface area (Å²) in [7, 11) is 0. The van der Waals surface area contributed by atoms with E-state index in [2.05, 4.69) is 4.98 Å². The van der Waals surface area contributed by atoms with E-state index in [4.69, 9.17) is 11.6 Å². The topological polar surface area (TPSA) is 32.9 Å². The highest BCUT2D eigenvalue weighted by molar-refractivity contribution is 6.35. The Morgan fingerprint density at radius 1 is 1.24 bits per heavy atom. The van der Waals surface area contributed by atoms with Crippen molar-refractivity contribution in [3.8, 4) is 0 Å². The first-order valence-corrected chi connectivity index (χ1v) is 6.13. The van der Waals surface area contributed by atoms with E-state index in [0.29, 0.717) is 10.4 Å². The van der Waals surface area contributed by atoms with Gasteiger partial charge in [0, 0.05) is 11.3 Å². The van der Waals surface area contributed by atoms with Crippen molar-refractivity contribution in [2.75, 3.05) is 0 Å². The standard InChI is InChI=1S/C14H16ClNO/c1-7(2)11-9(4)16-13-8(3)5-6-10(15)12(13)14(11)17/h5-7H,1-4H3,(H,16,17). The SMILES string of the molecule is Cc1[nH]c2c(C)ccc(Cl)c2c(=O)c1C(C)C. The van der Waals surface area contributed by atoms with Crippen LogP contribution in [0.3, 0.4) is 0 Å². The van der Waals surface area contributed by atoms with Gasteiger partial charge in [0.05, 0.1) is 15.9 Å². The highest BCUT2D eigenvalue weighted by Crippen LogP contribution is 2.25. The molecule has 2 aromatic rings. The normalized spacial score (nSPS) is 11.4. The Kier molecular flexibility index (Phi) is 3.00. The van der Waals surface area contributed by atoms with Gasteiger partial charge in [-0.2, -0.15) is 0 Å². The van der Waals surface area contributed by atoms with Crippen molar-refractivity contribution in [1.82, 2.24) is 4.98 Å². The first-order chi connectivity index (χ1) is 7.93. The maximum absolute atomic E-state index is 12.5. The van der Waals surface area contributed by atoms with Crippen molar-refractivity contribution in [1.29, 1.82) is 0 Å². The van der Waals surface area contributed by atoms with Gasteiger partial charge in [0.25, 0.3) is 0 Å². The summed E-state index contributed by atoms with van der Waals surface area (Å²) in [5, 5.41) is 1.13. The number of H-pyrrole nitrogens is 1. The molecular weight excluding hydrogens is 234 g/mol. The molecule has 0 aliphatic carbocycles. The van der Waals surface area contributed by atoms with Gasteiger partial charge in [-0.3, -0.25) is 4.79 Å². The van der Waals surface area contributed by atoms with Crippen LogP contribution in [0.4, 0.5) is 0 Å². The summed E-state index contributed by atoms with van der Waals surface area (Å²) in [6.07, 6.45) is 0. The number of rotatable bonds is 1. The Morgan fingerprint density at radius 3 is 2.47 bits per heavy atom. The zero-order valence-corrected chi connectivity index (χ0v) is 11.3. The van der Waals surface area contributed by atoms with Crippen molar-refractivity contribution in [3.63, 3.8) is 0 Å². The summed E-state index contributed by atoms with van der Waals surface area (Å²) >= 11 is 6.14. The summed E-state index contributed by atoms with van der Waals surface area (Å²) in [6.45, 7) is 7.96. The number of aryl methyl sites for hydroxylation is 2. The predicted molar refractivity (Wildman–Crippen MR) is 73.1 cm³/mol. The molecule has 0 saturated carbocycles. The molecule has 90 valence electrons. The van der Waals surface area contributed by atoms with Crippen LogP contribution < -0.4 is 5.43 Å². The molecule has 0 aliphatic heterocycles. The van der Waals surface area contributed by atoms with Gasteiger partial charge in [-0.15, -0.1) is 0 Å². The predicted octanol–water partition coefficient (Wildman–Crippen LogP) is 3.92. The highest BCUT2D eigenvalue weighted by atomic mass is 35.5. The molecule has 0 bridgehead atoms. The van der Waals surface area contributed by atoms with Gasteiger partial charge in [-0.05, 0) is 31.4 Å². The molecule has 0 fully saturated rings. The van der Waals surface area contributed by atoms with Crippen molar-refractivity contribution in [2.24, 2.45) is 0 Å². The van der Waals surface area contributed by atoms with Crippen LogP contribution in [0.15, 0.2) is 16.9 Å². The van der Waals surface area contributed by atoms with Crippen molar-refractivity contribution in [3.05, 3.63) is 44.2 Å². The van der Waals surface area contributed by atoms with Gasteiger partial charge in [-0.1, -0.05) is 31.5 Å². The Bertz CT molecular complexity index is 641. The first-order valence-electron chi connectivity index (χ1n) is 5.75. The van der Waals surface area contributed by atoms with Gasteiger partial charge in [0.15, 0.2) is 5.43 Å². The lowest BCUT2D eigenvalue weighted by Gasteiger charge is -2.12. The molecule has 17 heavy (non-hydrogen) atoms. The van der Waals surface area contributed by atoms with Gasteiger partial charge >= 0.3 is 0 Å². The number of nitrogens with one attached hydrogen (secondary N) is 1. The molecule has 3 heteroatoms. The minimum Gasteiger partial charge on any atom is -0.358 e. The Hall–Kier alpha value is -1.28. The summed E-state index contributed by atoms with van der Waals surface area (Å²) in [5.74, 6) is 0.194. The fourth-order valence-electron chi connectivity index (χ4n) is 2.32. The first kappa shape index (κ1) is 12.2. The van der Waals surface area contributed by atoms with E-state index in [0.717, 1.165) is 22.3 Å². The molecule has 0 spiro atoms. The van der Waals surface area contributed by atoms with E-state index in [-0.39, 0.29) is 11.3 Å². The molecule has 1 N–H and O–H groups in total. The van der Waals surface area contributed by atoms with Gasteiger partial charge < -0.3 is 4.98 Å². The lowest BCUT2D eigenvalue weighted by molar-refractivity contribution is 0.838. The largest absolute Gasteiger partial charge is 0.358 e. The fourth-order valence-corrected chi connectivity index (χ4v) is 2.56. The summed E-state index contributed by atoms with van der Waals surface area (Å²) < 4.78 is 0. The Labute approximate surface area is 106 Å². The monoisotopic (exact) mass is 249 g/mol. The zero-order valence-electron chi connectivity index (χ0n) is 10.5.